The van der Waals surface area contributed by atoms with Crippen LogP contribution >= 0.6 is 11.8 Å². The molecule has 2 heteroatoms. The molecule has 0 aliphatic carbocycles. The van der Waals surface area contributed by atoms with E-state index >= 15 is 0 Å². The summed E-state index contributed by atoms with van der Waals surface area (Å²) in [4.78, 5) is 0. The normalized spacial score (nSPS) is 22.4. The van der Waals surface area contributed by atoms with E-state index in [-0.39, 0.29) is 6.10 Å². The van der Waals surface area contributed by atoms with E-state index < -0.39 is 0 Å². The summed E-state index contributed by atoms with van der Waals surface area (Å²) in [5.74, 6) is 1.22. The Morgan fingerprint density at radius 3 is 2.53 bits per heavy atom. The standard InChI is InChI=1S/C15H22OS/c1-2-12-6-8-13(9-7-12)11-14(16)15-5-3-4-10-17-15/h6-9,14-16H,2-5,10-11H2,1H3. The highest BCUT2D eigenvalue weighted by Crippen LogP contribution is 2.28. The SMILES string of the molecule is CCc1ccc(CC(O)C2CCCCS2)cc1. The van der Waals surface area contributed by atoms with Crippen molar-refractivity contribution in [3.05, 3.63) is 35.4 Å². The molecule has 1 aromatic rings. The van der Waals surface area contributed by atoms with Gasteiger partial charge in [0, 0.05) is 5.25 Å². The van der Waals surface area contributed by atoms with Crippen LogP contribution in [0.2, 0.25) is 0 Å². The molecule has 2 unspecified atom stereocenters. The first-order valence-electron chi connectivity index (χ1n) is 6.67. The fraction of sp³-hybridized carbons (Fsp3) is 0.600. The Kier molecular flexibility index (Phi) is 4.93. The van der Waals surface area contributed by atoms with Gasteiger partial charge in [-0.2, -0.15) is 11.8 Å². The van der Waals surface area contributed by atoms with Crippen LogP contribution in [0.1, 0.15) is 37.3 Å². The molecular formula is C15H22OS. The molecule has 94 valence electrons. The number of aliphatic hydroxyl groups is 1. The second-order valence-corrected chi connectivity index (χ2v) is 6.19. The number of thioether (sulfide) groups is 1. The molecule has 1 nitrogen and oxygen atoms in total. The smallest absolute Gasteiger partial charge is 0.0699 e. The van der Waals surface area contributed by atoms with Crippen LogP contribution < -0.4 is 0 Å². The summed E-state index contributed by atoms with van der Waals surface area (Å²) in [5.41, 5.74) is 2.64. The molecule has 2 rings (SSSR count). The van der Waals surface area contributed by atoms with Gasteiger partial charge in [0.15, 0.2) is 0 Å². The summed E-state index contributed by atoms with van der Waals surface area (Å²) in [7, 11) is 0. The number of aryl methyl sites for hydroxylation is 1. The van der Waals surface area contributed by atoms with Crippen molar-refractivity contribution in [2.24, 2.45) is 0 Å². The van der Waals surface area contributed by atoms with Crippen molar-refractivity contribution >= 4 is 11.8 Å². The topological polar surface area (TPSA) is 20.2 Å². The highest BCUT2D eigenvalue weighted by molar-refractivity contribution is 8.00. The van der Waals surface area contributed by atoms with Gasteiger partial charge in [0.2, 0.25) is 0 Å². The number of hydrogen-bond donors (Lipinski definition) is 1. The van der Waals surface area contributed by atoms with Crippen LogP contribution in [0.25, 0.3) is 0 Å². The number of hydrogen-bond acceptors (Lipinski definition) is 2. The summed E-state index contributed by atoms with van der Waals surface area (Å²) in [6.45, 7) is 2.17. The van der Waals surface area contributed by atoms with Crippen molar-refractivity contribution in [1.82, 2.24) is 0 Å². The fourth-order valence-electron chi connectivity index (χ4n) is 2.35. The lowest BCUT2D eigenvalue weighted by Crippen LogP contribution is -2.27. The molecule has 0 saturated carbocycles. The fourth-order valence-corrected chi connectivity index (χ4v) is 3.68. The van der Waals surface area contributed by atoms with Gasteiger partial charge < -0.3 is 5.11 Å². The van der Waals surface area contributed by atoms with Gasteiger partial charge in [0.05, 0.1) is 6.10 Å². The van der Waals surface area contributed by atoms with E-state index in [1.807, 2.05) is 11.8 Å². The molecule has 1 fully saturated rings. The molecular weight excluding hydrogens is 228 g/mol. The number of benzene rings is 1. The Balaban J connectivity index is 1.89. The first-order chi connectivity index (χ1) is 8.29. The highest BCUT2D eigenvalue weighted by atomic mass is 32.2. The van der Waals surface area contributed by atoms with Crippen molar-refractivity contribution in [1.29, 1.82) is 0 Å². The Labute approximate surface area is 109 Å². The second-order valence-electron chi connectivity index (χ2n) is 4.85. The van der Waals surface area contributed by atoms with Crippen LogP contribution in [0.15, 0.2) is 24.3 Å². The summed E-state index contributed by atoms with van der Waals surface area (Å²) >= 11 is 1.95. The molecule has 1 saturated heterocycles. The van der Waals surface area contributed by atoms with Gasteiger partial charge in [-0.1, -0.05) is 37.6 Å². The summed E-state index contributed by atoms with van der Waals surface area (Å²) in [6, 6.07) is 8.68. The second kappa shape index (κ2) is 6.46. The highest BCUT2D eigenvalue weighted by Gasteiger charge is 2.22. The molecule has 0 bridgehead atoms. The minimum absolute atomic E-state index is 0.173. The lowest BCUT2D eigenvalue weighted by molar-refractivity contribution is 0.166. The molecule has 17 heavy (non-hydrogen) atoms. The monoisotopic (exact) mass is 250 g/mol. The third-order valence-electron chi connectivity index (χ3n) is 3.52. The maximum atomic E-state index is 10.2. The van der Waals surface area contributed by atoms with Crippen molar-refractivity contribution in [2.75, 3.05) is 5.75 Å². The van der Waals surface area contributed by atoms with Crippen LogP contribution in [-0.4, -0.2) is 22.2 Å². The van der Waals surface area contributed by atoms with Gasteiger partial charge in [0.1, 0.15) is 0 Å². The molecule has 1 aliphatic rings. The van der Waals surface area contributed by atoms with Gasteiger partial charge in [-0.25, -0.2) is 0 Å². The Bertz CT molecular complexity index is 327. The Hall–Kier alpha value is -0.470. The zero-order valence-corrected chi connectivity index (χ0v) is 11.4. The minimum Gasteiger partial charge on any atom is -0.392 e. The molecule has 2 atom stereocenters. The van der Waals surface area contributed by atoms with E-state index in [2.05, 4.69) is 31.2 Å². The van der Waals surface area contributed by atoms with E-state index in [4.69, 9.17) is 0 Å². The molecule has 1 aliphatic heterocycles. The third kappa shape index (κ3) is 3.75. The van der Waals surface area contributed by atoms with E-state index in [0.717, 1.165) is 12.8 Å². The van der Waals surface area contributed by atoms with Crippen LogP contribution in [0, 0.1) is 0 Å². The van der Waals surface area contributed by atoms with Gasteiger partial charge in [-0.05, 0) is 42.6 Å². The average molecular weight is 250 g/mol. The summed E-state index contributed by atoms with van der Waals surface area (Å²) < 4.78 is 0. The van der Waals surface area contributed by atoms with Gasteiger partial charge in [-0.15, -0.1) is 0 Å². The molecule has 1 heterocycles. The van der Waals surface area contributed by atoms with Crippen molar-refractivity contribution < 1.29 is 5.11 Å². The van der Waals surface area contributed by atoms with Gasteiger partial charge in [0.25, 0.3) is 0 Å². The van der Waals surface area contributed by atoms with Crippen molar-refractivity contribution in [3.8, 4) is 0 Å². The molecule has 0 spiro atoms. The van der Waals surface area contributed by atoms with E-state index in [1.165, 1.54) is 36.1 Å². The van der Waals surface area contributed by atoms with Crippen molar-refractivity contribution in [3.63, 3.8) is 0 Å². The number of rotatable bonds is 4. The van der Waals surface area contributed by atoms with Gasteiger partial charge in [-0.3, -0.25) is 0 Å². The quantitative estimate of drug-likeness (QED) is 0.883. The van der Waals surface area contributed by atoms with Crippen molar-refractivity contribution in [2.45, 2.75) is 50.4 Å². The first kappa shape index (κ1) is 13.0. The molecule has 0 aromatic heterocycles. The van der Waals surface area contributed by atoms with E-state index in [0.29, 0.717) is 5.25 Å². The molecule has 1 N–H and O–H groups in total. The maximum Gasteiger partial charge on any atom is 0.0699 e. The average Bonchev–Trinajstić information content (AvgIpc) is 2.40. The van der Waals surface area contributed by atoms with Crippen LogP contribution in [0.3, 0.4) is 0 Å². The van der Waals surface area contributed by atoms with Crippen LogP contribution in [0.4, 0.5) is 0 Å². The predicted octanol–water partition coefficient (Wildman–Crippen LogP) is 3.44. The zero-order chi connectivity index (χ0) is 12.1. The Morgan fingerprint density at radius 2 is 1.94 bits per heavy atom. The molecule has 0 radical (unpaired) electrons. The van der Waals surface area contributed by atoms with Crippen LogP contribution in [-0.2, 0) is 12.8 Å². The first-order valence-corrected chi connectivity index (χ1v) is 7.72. The zero-order valence-electron chi connectivity index (χ0n) is 10.6. The van der Waals surface area contributed by atoms with Gasteiger partial charge >= 0.3 is 0 Å². The number of aliphatic hydroxyl groups excluding tert-OH is 1. The molecule has 1 aromatic carbocycles. The largest absolute Gasteiger partial charge is 0.392 e. The van der Waals surface area contributed by atoms with E-state index in [1.54, 1.807) is 0 Å². The summed E-state index contributed by atoms with van der Waals surface area (Å²) in [5, 5.41) is 10.7. The Morgan fingerprint density at radius 1 is 1.24 bits per heavy atom. The third-order valence-corrected chi connectivity index (χ3v) is 5.02. The summed E-state index contributed by atoms with van der Waals surface area (Å²) in [6.07, 6.45) is 5.50. The predicted molar refractivity (Wildman–Crippen MR) is 75.6 cm³/mol. The van der Waals surface area contributed by atoms with E-state index in [9.17, 15) is 5.11 Å². The molecule has 0 amide bonds. The minimum atomic E-state index is -0.173. The lowest BCUT2D eigenvalue weighted by Gasteiger charge is -2.26. The lowest BCUT2D eigenvalue weighted by atomic mass is 10.0. The van der Waals surface area contributed by atoms with Crippen LogP contribution in [0.5, 0.6) is 0 Å². The maximum absolute atomic E-state index is 10.2.